The Morgan fingerprint density at radius 3 is 2.14 bits per heavy atom. The van der Waals surface area contributed by atoms with Gasteiger partial charge >= 0.3 is 0 Å². The van der Waals surface area contributed by atoms with Crippen LogP contribution in [0.2, 0.25) is 0 Å². The molecule has 0 aromatic heterocycles. The molecule has 1 saturated carbocycles. The highest BCUT2D eigenvalue weighted by molar-refractivity contribution is 5.86. The van der Waals surface area contributed by atoms with Crippen LogP contribution in [0, 0.1) is 11.3 Å². The van der Waals surface area contributed by atoms with E-state index in [1.54, 1.807) is 0 Å². The minimum Gasteiger partial charge on any atom is -0.377 e. The highest BCUT2D eigenvalue weighted by Crippen LogP contribution is 2.37. The largest absolute Gasteiger partial charge is 0.377 e. The van der Waals surface area contributed by atoms with E-state index >= 15 is 0 Å². The lowest BCUT2D eigenvalue weighted by Gasteiger charge is -2.52. The number of nitrogens with two attached hydrogens (primary N) is 1. The number of carbonyl (C=O) groups excluding carboxylic acids is 1. The zero-order valence-electron chi connectivity index (χ0n) is 21.9. The monoisotopic (exact) mass is 501 g/mol. The zero-order chi connectivity index (χ0) is 25.9. The molecule has 1 amide bonds. The van der Waals surface area contributed by atoms with Crippen LogP contribution in [0.1, 0.15) is 43.2 Å². The van der Waals surface area contributed by atoms with Gasteiger partial charge in [-0.2, -0.15) is 5.26 Å². The van der Waals surface area contributed by atoms with Crippen LogP contribution in [0.15, 0.2) is 48.5 Å². The summed E-state index contributed by atoms with van der Waals surface area (Å²) in [5, 5.41) is 12.5. The van der Waals surface area contributed by atoms with Crippen molar-refractivity contribution >= 4 is 5.91 Å². The second-order valence-electron chi connectivity index (χ2n) is 11.2. The smallest absolute Gasteiger partial charge is 0.241 e. The molecule has 1 aliphatic carbocycles. The fraction of sp³-hybridized carbons (Fsp3) is 0.533. The number of nitriles is 1. The Labute approximate surface area is 220 Å². The Morgan fingerprint density at radius 1 is 1.00 bits per heavy atom. The number of nitrogens with one attached hydrogen (secondary N) is 1. The van der Waals surface area contributed by atoms with Crippen molar-refractivity contribution < 1.29 is 9.53 Å². The molecule has 2 aromatic carbocycles. The van der Waals surface area contributed by atoms with Gasteiger partial charge in [0, 0.05) is 32.6 Å². The fourth-order valence-electron chi connectivity index (χ4n) is 5.94. The van der Waals surface area contributed by atoms with Crippen molar-refractivity contribution in [2.75, 3.05) is 46.4 Å². The summed E-state index contributed by atoms with van der Waals surface area (Å²) in [6.07, 6.45) is 4.89. The number of hydrogen-bond acceptors (Lipinski definition) is 6. The van der Waals surface area contributed by atoms with E-state index in [2.05, 4.69) is 64.6 Å². The molecule has 5 rings (SSSR count). The number of nitrogens with zero attached hydrogens (tertiary/aromatic N) is 3. The van der Waals surface area contributed by atoms with Gasteiger partial charge in [0.2, 0.25) is 5.91 Å². The van der Waals surface area contributed by atoms with Crippen LogP contribution in [-0.2, 0) is 21.5 Å². The van der Waals surface area contributed by atoms with Crippen LogP contribution in [-0.4, -0.2) is 73.7 Å². The van der Waals surface area contributed by atoms with Gasteiger partial charge in [-0.15, -0.1) is 0 Å². The van der Waals surface area contributed by atoms with Crippen LogP contribution in [0.3, 0.4) is 0 Å². The normalized spacial score (nSPS) is 22.4. The van der Waals surface area contributed by atoms with Gasteiger partial charge in [-0.05, 0) is 42.1 Å². The van der Waals surface area contributed by atoms with E-state index in [0.29, 0.717) is 19.3 Å². The summed E-state index contributed by atoms with van der Waals surface area (Å²) >= 11 is 0. The summed E-state index contributed by atoms with van der Waals surface area (Å²) in [4.78, 5) is 17.7. The van der Waals surface area contributed by atoms with Crippen LogP contribution in [0.4, 0.5) is 0 Å². The van der Waals surface area contributed by atoms with E-state index < -0.39 is 11.6 Å². The minimum atomic E-state index is -0.835. The van der Waals surface area contributed by atoms with Gasteiger partial charge in [-0.3, -0.25) is 9.69 Å². The molecule has 7 nitrogen and oxygen atoms in total. The first-order valence-corrected chi connectivity index (χ1v) is 13.6. The van der Waals surface area contributed by atoms with Gasteiger partial charge in [0.1, 0.15) is 6.04 Å². The summed E-state index contributed by atoms with van der Waals surface area (Å²) in [6.45, 7) is 5.84. The number of piperazine rings is 1. The van der Waals surface area contributed by atoms with Crippen molar-refractivity contribution in [1.82, 2.24) is 15.1 Å². The topological polar surface area (TPSA) is 94.6 Å². The summed E-state index contributed by atoms with van der Waals surface area (Å²) < 4.78 is 5.69. The van der Waals surface area contributed by atoms with Crippen LogP contribution < -0.4 is 11.1 Å². The average molecular weight is 502 g/mol. The molecule has 1 atom stereocenters. The second-order valence-corrected chi connectivity index (χ2v) is 11.2. The van der Waals surface area contributed by atoms with E-state index in [9.17, 15) is 10.1 Å². The molecule has 3 N–H and O–H groups in total. The summed E-state index contributed by atoms with van der Waals surface area (Å²) in [6, 6.07) is 18.8. The van der Waals surface area contributed by atoms with Gasteiger partial charge in [-0.1, -0.05) is 67.8 Å². The molecular weight excluding hydrogens is 462 g/mol. The Balaban J connectivity index is 1.22. The maximum atomic E-state index is 12.8. The van der Waals surface area contributed by atoms with Crippen molar-refractivity contribution in [1.29, 1.82) is 5.26 Å². The third-order valence-corrected chi connectivity index (χ3v) is 8.60. The van der Waals surface area contributed by atoms with Gasteiger partial charge in [0.15, 0.2) is 0 Å². The summed E-state index contributed by atoms with van der Waals surface area (Å²) in [7, 11) is 2.19. The number of ether oxygens (including phenoxy) is 1. The first kappa shape index (κ1) is 25.9. The molecule has 7 heteroatoms. The number of hydrogen-bond donors (Lipinski definition) is 2. The van der Waals surface area contributed by atoms with E-state index in [-0.39, 0.29) is 11.4 Å². The third kappa shape index (κ3) is 5.44. The molecule has 2 aromatic rings. The SMILES string of the molecule is CN1CCN(C2(c3ccc(-c4ccc(C[C@H](C#N)NC(=O)C5(N)CCCCC5)cc4)cc3)COC2)CC1. The standard InChI is InChI=1S/C30H39N5O2/c1-34-15-17-35(18-16-34)30(21-37-22-30)26-11-9-25(10-12-26)24-7-5-23(6-8-24)19-27(20-31)33-28(36)29(32)13-3-2-4-14-29/h5-12,27H,2-4,13-19,21-22,32H2,1H3,(H,33,36)/t27-/m1/s1. The first-order chi connectivity index (χ1) is 17.9. The second kappa shape index (κ2) is 10.9. The van der Waals surface area contributed by atoms with Gasteiger partial charge in [0.05, 0.1) is 30.4 Å². The lowest BCUT2D eigenvalue weighted by atomic mass is 9.81. The van der Waals surface area contributed by atoms with E-state index in [4.69, 9.17) is 10.5 Å². The maximum absolute atomic E-state index is 12.8. The quantitative estimate of drug-likeness (QED) is 0.606. The van der Waals surface area contributed by atoms with E-state index in [1.165, 1.54) is 5.56 Å². The lowest BCUT2D eigenvalue weighted by molar-refractivity contribution is -0.155. The molecule has 0 radical (unpaired) electrons. The molecule has 3 fully saturated rings. The van der Waals surface area contributed by atoms with E-state index in [1.807, 2.05) is 12.1 Å². The zero-order valence-corrected chi connectivity index (χ0v) is 21.9. The van der Waals surface area contributed by atoms with Crippen LogP contribution >= 0.6 is 0 Å². The number of rotatable bonds is 7. The Morgan fingerprint density at radius 2 is 1.59 bits per heavy atom. The predicted octanol–water partition coefficient (Wildman–Crippen LogP) is 3.04. The number of amides is 1. The van der Waals surface area contributed by atoms with Gasteiger partial charge < -0.3 is 20.7 Å². The predicted molar refractivity (Wildman–Crippen MR) is 145 cm³/mol. The molecule has 196 valence electrons. The third-order valence-electron chi connectivity index (χ3n) is 8.60. The van der Waals surface area contributed by atoms with Crippen LogP contribution in [0.5, 0.6) is 0 Å². The molecular formula is C30H39N5O2. The summed E-state index contributed by atoms with van der Waals surface area (Å²) in [5.41, 5.74) is 10.2. The molecule has 3 aliphatic rings. The fourth-order valence-corrected chi connectivity index (χ4v) is 5.94. The molecule has 2 saturated heterocycles. The Bertz CT molecular complexity index is 1110. The number of carbonyl (C=O) groups is 1. The Hall–Kier alpha value is -2.76. The lowest BCUT2D eigenvalue weighted by Crippen LogP contribution is -2.63. The van der Waals surface area contributed by atoms with Gasteiger partial charge in [-0.25, -0.2) is 0 Å². The molecule has 0 spiro atoms. The van der Waals surface area contributed by atoms with Crippen molar-refractivity contribution in [3.8, 4) is 17.2 Å². The molecule has 37 heavy (non-hydrogen) atoms. The number of benzene rings is 2. The summed E-state index contributed by atoms with van der Waals surface area (Å²) in [5.74, 6) is -0.193. The Kier molecular flexibility index (Phi) is 7.64. The van der Waals surface area contributed by atoms with Gasteiger partial charge in [0.25, 0.3) is 0 Å². The molecule has 2 heterocycles. The van der Waals surface area contributed by atoms with Crippen molar-refractivity contribution in [3.63, 3.8) is 0 Å². The highest BCUT2D eigenvalue weighted by Gasteiger charge is 2.46. The molecule has 0 unspecified atom stereocenters. The number of likely N-dealkylation sites (N-methyl/N-ethyl adjacent to an activating group) is 1. The van der Waals surface area contributed by atoms with Crippen molar-refractivity contribution in [3.05, 3.63) is 59.7 Å². The highest BCUT2D eigenvalue weighted by atomic mass is 16.5. The van der Waals surface area contributed by atoms with Crippen LogP contribution in [0.25, 0.3) is 11.1 Å². The maximum Gasteiger partial charge on any atom is 0.241 e. The first-order valence-electron chi connectivity index (χ1n) is 13.6. The molecule has 0 bridgehead atoms. The van der Waals surface area contributed by atoms with Crippen molar-refractivity contribution in [2.45, 2.75) is 55.6 Å². The average Bonchev–Trinajstić information content (AvgIpc) is 2.90. The minimum absolute atomic E-state index is 0.000122. The molecule has 2 aliphatic heterocycles. The van der Waals surface area contributed by atoms with E-state index in [0.717, 1.165) is 75.3 Å². The van der Waals surface area contributed by atoms with Crippen molar-refractivity contribution in [2.24, 2.45) is 5.73 Å².